The number of fused-ring (bicyclic) bond motifs is 3. The summed E-state index contributed by atoms with van der Waals surface area (Å²) in [7, 11) is 0. The van der Waals surface area contributed by atoms with Crippen LogP contribution in [0.15, 0.2) is 42.5 Å². The minimum atomic E-state index is -2.26. The second-order valence-corrected chi connectivity index (χ2v) is 6.65. The number of hydrogen-bond donors (Lipinski definition) is 2. The Morgan fingerprint density at radius 2 is 1.69 bits per heavy atom. The molecule has 0 spiro atoms. The van der Waals surface area contributed by atoms with E-state index in [1.807, 2.05) is 31.2 Å². The molecule has 0 heterocycles. The van der Waals surface area contributed by atoms with Crippen molar-refractivity contribution in [3.8, 4) is 16.9 Å². The van der Waals surface area contributed by atoms with Gasteiger partial charge in [-0.3, -0.25) is 0 Å². The molecule has 0 saturated carbocycles. The fourth-order valence-corrected chi connectivity index (χ4v) is 3.45. The lowest BCUT2D eigenvalue weighted by Crippen LogP contribution is -2.51. The molecule has 0 amide bonds. The molecule has 136 valence electrons. The first-order valence-corrected chi connectivity index (χ1v) is 8.85. The van der Waals surface area contributed by atoms with Crippen molar-refractivity contribution in [1.82, 2.24) is 0 Å². The summed E-state index contributed by atoms with van der Waals surface area (Å²) < 4.78 is 5.60. The Morgan fingerprint density at radius 3 is 2.38 bits per heavy atom. The van der Waals surface area contributed by atoms with Gasteiger partial charge in [0.25, 0.3) is 0 Å². The van der Waals surface area contributed by atoms with Gasteiger partial charge in [-0.15, -0.1) is 0 Å². The summed E-state index contributed by atoms with van der Waals surface area (Å²) in [6.45, 7) is 1.97. The Balaban J connectivity index is 1.89. The highest BCUT2D eigenvalue weighted by Gasteiger charge is 2.49. The van der Waals surface area contributed by atoms with E-state index in [0.29, 0.717) is 6.42 Å². The van der Waals surface area contributed by atoms with Crippen LogP contribution in [0.4, 0.5) is 0 Å². The maximum Gasteiger partial charge on any atom is 0.360 e. The van der Waals surface area contributed by atoms with Crippen LogP contribution in [0.5, 0.6) is 5.75 Å². The molecule has 2 aromatic carbocycles. The summed E-state index contributed by atoms with van der Waals surface area (Å²) in [4.78, 5) is 23.5. The maximum atomic E-state index is 11.8. The zero-order valence-corrected chi connectivity index (χ0v) is 14.7. The molecule has 5 nitrogen and oxygen atoms in total. The van der Waals surface area contributed by atoms with E-state index < -0.39 is 17.5 Å². The molecule has 0 atom stereocenters. The predicted molar refractivity (Wildman–Crippen MR) is 97.5 cm³/mol. The monoisotopic (exact) mass is 354 g/mol. The molecule has 1 aliphatic rings. The number of carboxylic acids is 2. The highest BCUT2D eigenvalue weighted by Crippen LogP contribution is 2.39. The molecule has 0 fully saturated rings. The second-order valence-electron chi connectivity index (χ2n) is 6.65. The van der Waals surface area contributed by atoms with E-state index in [9.17, 15) is 19.8 Å². The van der Waals surface area contributed by atoms with Crippen molar-refractivity contribution in [1.29, 1.82) is 0 Å². The number of hydrogen-bond acceptors (Lipinski definition) is 3. The van der Waals surface area contributed by atoms with Gasteiger partial charge in [-0.25, -0.2) is 9.59 Å². The highest BCUT2D eigenvalue weighted by atomic mass is 16.6. The SMILES string of the molecule is CCCCCC(Oc1ccc2c(c1)Cc1ccccc1-2)(C(=O)O)C(=O)O. The van der Waals surface area contributed by atoms with Gasteiger partial charge in [0.2, 0.25) is 0 Å². The van der Waals surface area contributed by atoms with Crippen LogP contribution in [0.1, 0.15) is 43.7 Å². The molecule has 5 heteroatoms. The lowest BCUT2D eigenvalue weighted by molar-refractivity contribution is -0.173. The summed E-state index contributed by atoms with van der Waals surface area (Å²) >= 11 is 0. The summed E-state index contributed by atoms with van der Waals surface area (Å²) in [5.74, 6) is -2.66. The van der Waals surface area contributed by atoms with Crippen LogP contribution < -0.4 is 4.74 Å². The van der Waals surface area contributed by atoms with Gasteiger partial charge in [0.1, 0.15) is 5.75 Å². The summed E-state index contributed by atoms with van der Waals surface area (Å²) in [6.07, 6.45) is 2.76. The molecule has 0 bridgehead atoms. The Hall–Kier alpha value is -2.82. The van der Waals surface area contributed by atoms with Gasteiger partial charge < -0.3 is 14.9 Å². The standard InChI is InChI=1S/C21H22O5/c1-2-3-6-11-21(19(22)23,20(24)25)26-16-9-10-18-15(13-16)12-14-7-4-5-8-17(14)18/h4-5,7-10,13H,2-3,6,11-12H2,1H3,(H,22,23)(H,24,25). The highest BCUT2D eigenvalue weighted by molar-refractivity contribution is 6.02. The van der Waals surface area contributed by atoms with Crippen molar-refractivity contribution in [2.24, 2.45) is 0 Å². The molecule has 3 rings (SSSR count). The van der Waals surface area contributed by atoms with Gasteiger partial charge in [0.05, 0.1) is 0 Å². The molecule has 26 heavy (non-hydrogen) atoms. The van der Waals surface area contributed by atoms with E-state index in [1.54, 1.807) is 12.1 Å². The summed E-state index contributed by atoms with van der Waals surface area (Å²) in [5, 5.41) is 19.2. The first-order valence-electron chi connectivity index (χ1n) is 8.85. The van der Waals surface area contributed by atoms with Crippen molar-refractivity contribution < 1.29 is 24.5 Å². The zero-order valence-electron chi connectivity index (χ0n) is 14.7. The van der Waals surface area contributed by atoms with Gasteiger partial charge in [-0.2, -0.15) is 0 Å². The minimum absolute atomic E-state index is 0.0666. The van der Waals surface area contributed by atoms with Crippen LogP contribution in [0.3, 0.4) is 0 Å². The van der Waals surface area contributed by atoms with Crippen molar-refractivity contribution in [3.05, 3.63) is 53.6 Å². The lowest BCUT2D eigenvalue weighted by Gasteiger charge is -2.26. The first-order chi connectivity index (χ1) is 12.5. The van der Waals surface area contributed by atoms with E-state index >= 15 is 0 Å². The molecular formula is C21H22O5. The average molecular weight is 354 g/mol. The third-order valence-electron chi connectivity index (χ3n) is 4.88. The fraction of sp³-hybridized carbons (Fsp3) is 0.333. The normalized spacial score (nSPS) is 12.3. The third kappa shape index (κ3) is 3.17. The Bertz CT molecular complexity index is 826. The Labute approximate surface area is 152 Å². The summed E-state index contributed by atoms with van der Waals surface area (Å²) in [6, 6.07) is 13.3. The molecule has 0 aromatic heterocycles. The molecular weight excluding hydrogens is 332 g/mol. The number of carbonyl (C=O) groups is 2. The molecule has 0 unspecified atom stereocenters. The predicted octanol–water partition coefficient (Wildman–Crippen LogP) is 4.12. The quantitative estimate of drug-likeness (QED) is 0.469. The minimum Gasteiger partial charge on any atom is -0.478 e. The average Bonchev–Trinajstić information content (AvgIpc) is 2.98. The van der Waals surface area contributed by atoms with E-state index in [1.165, 1.54) is 5.56 Å². The molecule has 2 aromatic rings. The molecule has 0 saturated heterocycles. The van der Waals surface area contributed by atoms with E-state index in [-0.39, 0.29) is 12.2 Å². The van der Waals surface area contributed by atoms with E-state index in [0.717, 1.165) is 36.0 Å². The molecule has 0 aliphatic heterocycles. The third-order valence-corrected chi connectivity index (χ3v) is 4.88. The molecule has 1 aliphatic carbocycles. The van der Waals surface area contributed by atoms with Crippen LogP contribution in [-0.4, -0.2) is 27.8 Å². The van der Waals surface area contributed by atoms with Crippen molar-refractivity contribution >= 4 is 11.9 Å². The Kier molecular flexibility index (Phi) is 4.98. The molecule has 2 N–H and O–H groups in total. The van der Waals surface area contributed by atoms with Crippen molar-refractivity contribution in [3.63, 3.8) is 0 Å². The number of aliphatic carboxylic acids is 2. The van der Waals surface area contributed by atoms with Gasteiger partial charge in [-0.05, 0) is 47.2 Å². The van der Waals surface area contributed by atoms with Crippen LogP contribution in [0, 0.1) is 0 Å². The topological polar surface area (TPSA) is 83.8 Å². The fourth-order valence-electron chi connectivity index (χ4n) is 3.45. The summed E-state index contributed by atoms with van der Waals surface area (Å²) in [5.41, 5.74) is 2.19. The first kappa shape index (κ1) is 18.0. The van der Waals surface area contributed by atoms with Gasteiger partial charge in [0.15, 0.2) is 0 Å². The van der Waals surface area contributed by atoms with Gasteiger partial charge >= 0.3 is 17.5 Å². The number of ether oxygens (including phenoxy) is 1. The maximum absolute atomic E-state index is 11.8. The van der Waals surface area contributed by atoms with E-state index in [4.69, 9.17) is 4.74 Å². The van der Waals surface area contributed by atoms with Crippen LogP contribution in [0.25, 0.3) is 11.1 Å². The molecule has 0 radical (unpaired) electrons. The second kappa shape index (κ2) is 7.20. The number of carboxylic acid groups (broad SMARTS) is 2. The van der Waals surface area contributed by atoms with Crippen LogP contribution in [-0.2, 0) is 16.0 Å². The number of rotatable bonds is 8. The van der Waals surface area contributed by atoms with Crippen molar-refractivity contribution in [2.45, 2.75) is 44.6 Å². The van der Waals surface area contributed by atoms with Crippen LogP contribution >= 0.6 is 0 Å². The Morgan fingerprint density at radius 1 is 1.00 bits per heavy atom. The largest absolute Gasteiger partial charge is 0.478 e. The smallest absolute Gasteiger partial charge is 0.360 e. The number of unbranched alkanes of at least 4 members (excludes halogenated alkanes) is 2. The van der Waals surface area contributed by atoms with E-state index in [2.05, 4.69) is 6.07 Å². The van der Waals surface area contributed by atoms with Crippen LogP contribution in [0.2, 0.25) is 0 Å². The zero-order chi connectivity index (χ0) is 18.7. The van der Waals surface area contributed by atoms with Gasteiger partial charge in [0, 0.05) is 6.42 Å². The lowest BCUT2D eigenvalue weighted by atomic mass is 9.95. The van der Waals surface area contributed by atoms with Crippen molar-refractivity contribution in [2.75, 3.05) is 0 Å². The van der Waals surface area contributed by atoms with Gasteiger partial charge in [-0.1, -0.05) is 50.1 Å². The number of benzene rings is 2.